The highest BCUT2D eigenvalue weighted by Gasteiger charge is 2.27. The first-order valence-corrected chi connectivity index (χ1v) is 8.44. The summed E-state index contributed by atoms with van der Waals surface area (Å²) in [5.41, 5.74) is 1.26. The van der Waals surface area contributed by atoms with E-state index in [9.17, 15) is 4.21 Å². The zero-order chi connectivity index (χ0) is 11.0. The lowest BCUT2D eigenvalue weighted by atomic mass is 10.0. The Morgan fingerprint density at radius 2 is 1.93 bits per heavy atom. The van der Waals surface area contributed by atoms with E-state index < -0.39 is 8.86 Å². The molecule has 0 aromatic heterocycles. The Bertz CT molecular complexity index is 415. The van der Waals surface area contributed by atoms with Crippen molar-refractivity contribution < 1.29 is 8.95 Å². The normalized spacial score (nSPS) is 19.3. The molecule has 2 rings (SSSR count). The first kappa shape index (κ1) is 11.4. The second-order valence-corrected chi connectivity index (χ2v) is 8.55. The molecule has 1 aromatic rings. The number of ether oxygens (including phenoxy) is 1. The fraction of sp³-hybridized carbons (Fsp3) is 0.400. The molecule has 0 aliphatic carbocycles. The molecule has 1 heterocycles. The van der Waals surface area contributed by atoms with Crippen molar-refractivity contribution >= 4 is 30.5 Å². The third-order valence-corrected chi connectivity index (χ3v) is 6.87. The Morgan fingerprint density at radius 3 is 2.53 bits per heavy atom. The van der Waals surface area contributed by atoms with Crippen LogP contribution in [0.15, 0.2) is 21.9 Å². The zero-order valence-electron chi connectivity index (χ0n) is 8.77. The van der Waals surface area contributed by atoms with Gasteiger partial charge in [0, 0.05) is 4.90 Å². The molecule has 1 atom stereocenters. The molecular formula is C10H12O2S3. The van der Waals surface area contributed by atoms with E-state index in [1.165, 1.54) is 27.2 Å². The van der Waals surface area contributed by atoms with E-state index >= 15 is 0 Å². The van der Waals surface area contributed by atoms with Crippen LogP contribution in [0.2, 0.25) is 0 Å². The van der Waals surface area contributed by atoms with Gasteiger partial charge in [-0.3, -0.25) is 0 Å². The molecule has 0 N–H and O–H groups in total. The highest BCUT2D eigenvalue weighted by Crippen LogP contribution is 2.53. The van der Waals surface area contributed by atoms with E-state index in [1.807, 2.05) is 6.07 Å². The quantitative estimate of drug-likeness (QED) is 0.759. The van der Waals surface area contributed by atoms with Crippen LogP contribution in [0.1, 0.15) is 25.3 Å². The van der Waals surface area contributed by atoms with E-state index in [1.54, 1.807) is 7.11 Å². The second kappa shape index (κ2) is 4.39. The number of methoxy groups -OCH3 is 1. The van der Waals surface area contributed by atoms with Gasteiger partial charge in [-0.2, -0.15) is 0 Å². The molecule has 0 bridgehead atoms. The average molecular weight is 260 g/mol. The molecule has 1 aromatic carbocycles. The molecule has 0 amide bonds. The Morgan fingerprint density at radius 1 is 1.27 bits per heavy atom. The monoisotopic (exact) mass is 260 g/mol. The summed E-state index contributed by atoms with van der Waals surface area (Å²) in [5.74, 6) is 1.28. The van der Waals surface area contributed by atoms with E-state index in [2.05, 4.69) is 19.9 Å². The van der Waals surface area contributed by atoms with Gasteiger partial charge in [0.15, 0.2) is 8.86 Å². The van der Waals surface area contributed by atoms with Crippen LogP contribution in [0.25, 0.3) is 0 Å². The molecular weight excluding hydrogens is 248 g/mol. The smallest absolute Gasteiger partial charge is 0.151 e. The molecule has 0 spiro atoms. The van der Waals surface area contributed by atoms with E-state index in [4.69, 9.17) is 4.74 Å². The maximum Gasteiger partial charge on any atom is 0.151 e. The van der Waals surface area contributed by atoms with E-state index in [-0.39, 0.29) is 0 Å². The summed E-state index contributed by atoms with van der Waals surface area (Å²) in [7, 11) is 3.56. The molecule has 0 radical (unpaired) electrons. The van der Waals surface area contributed by atoms with Crippen LogP contribution in [-0.4, -0.2) is 11.3 Å². The molecule has 1 aliphatic heterocycles. The molecule has 0 saturated heterocycles. The lowest BCUT2D eigenvalue weighted by Crippen LogP contribution is -1.93. The molecule has 2 nitrogen and oxygen atoms in total. The van der Waals surface area contributed by atoms with Crippen LogP contribution in [-0.2, 0) is 8.86 Å². The minimum absolute atomic E-state index is 0.452. The average Bonchev–Trinajstić information content (AvgIpc) is 2.56. The van der Waals surface area contributed by atoms with Crippen LogP contribution in [0.3, 0.4) is 0 Å². The highest BCUT2D eigenvalue weighted by atomic mass is 33.5. The Hall–Kier alpha value is -0.130. The Kier molecular flexibility index (Phi) is 3.33. The fourth-order valence-electron chi connectivity index (χ4n) is 1.49. The molecule has 0 saturated carbocycles. The van der Waals surface area contributed by atoms with Gasteiger partial charge in [-0.15, -0.1) is 0 Å². The van der Waals surface area contributed by atoms with Crippen molar-refractivity contribution in [3.8, 4) is 5.75 Å². The SMILES string of the molecule is COc1ccc(C(C)C)c2c1SS(=O)S2. The van der Waals surface area contributed by atoms with Gasteiger partial charge in [-0.25, -0.2) is 4.21 Å². The first-order chi connectivity index (χ1) is 7.13. The topological polar surface area (TPSA) is 26.3 Å². The maximum atomic E-state index is 11.5. The minimum Gasteiger partial charge on any atom is -0.496 e. The number of hydrogen-bond acceptors (Lipinski definition) is 4. The molecule has 82 valence electrons. The van der Waals surface area contributed by atoms with Crippen molar-refractivity contribution in [1.29, 1.82) is 0 Å². The Labute approximate surface area is 99.4 Å². The fourth-order valence-corrected chi connectivity index (χ4v) is 6.85. The maximum absolute atomic E-state index is 11.5. The number of benzene rings is 1. The molecule has 5 heteroatoms. The summed E-state index contributed by atoms with van der Waals surface area (Å²) < 4.78 is 16.8. The van der Waals surface area contributed by atoms with Gasteiger partial charge in [-0.05, 0) is 39.1 Å². The molecule has 15 heavy (non-hydrogen) atoms. The standard InChI is InChI=1S/C10H12O2S3/c1-6(2)7-4-5-8(12-3)10-9(7)13-15(11)14-10/h4-6H,1-3H3. The molecule has 0 fully saturated rings. The minimum atomic E-state index is -0.905. The summed E-state index contributed by atoms with van der Waals surface area (Å²) in [5, 5.41) is 0. The highest BCUT2D eigenvalue weighted by molar-refractivity contribution is 9.03. The van der Waals surface area contributed by atoms with Crippen LogP contribution in [0.4, 0.5) is 0 Å². The van der Waals surface area contributed by atoms with Crippen LogP contribution < -0.4 is 4.74 Å². The van der Waals surface area contributed by atoms with Crippen molar-refractivity contribution in [3.63, 3.8) is 0 Å². The number of fused-ring (bicyclic) bond motifs is 1. The summed E-state index contributed by atoms with van der Waals surface area (Å²) in [4.78, 5) is 2.17. The van der Waals surface area contributed by atoms with Crippen molar-refractivity contribution in [1.82, 2.24) is 0 Å². The third-order valence-electron chi connectivity index (χ3n) is 2.25. The van der Waals surface area contributed by atoms with Gasteiger partial charge in [-0.1, -0.05) is 19.9 Å². The molecule has 1 aliphatic rings. The molecule has 1 unspecified atom stereocenters. The van der Waals surface area contributed by atoms with Gasteiger partial charge < -0.3 is 4.74 Å². The van der Waals surface area contributed by atoms with Crippen molar-refractivity contribution in [2.24, 2.45) is 0 Å². The summed E-state index contributed by atoms with van der Waals surface area (Å²) in [6.07, 6.45) is 0. The van der Waals surface area contributed by atoms with Gasteiger partial charge >= 0.3 is 0 Å². The van der Waals surface area contributed by atoms with Gasteiger partial charge in [0.05, 0.1) is 12.0 Å². The van der Waals surface area contributed by atoms with Crippen molar-refractivity contribution in [3.05, 3.63) is 17.7 Å². The third kappa shape index (κ3) is 2.05. The second-order valence-electron chi connectivity index (χ2n) is 3.54. The zero-order valence-corrected chi connectivity index (χ0v) is 11.2. The van der Waals surface area contributed by atoms with Crippen LogP contribution in [0.5, 0.6) is 5.75 Å². The lowest BCUT2D eigenvalue weighted by Gasteiger charge is -2.12. The Balaban J connectivity index is 2.56. The van der Waals surface area contributed by atoms with E-state index in [0.29, 0.717) is 5.92 Å². The lowest BCUT2D eigenvalue weighted by molar-refractivity contribution is 0.402. The van der Waals surface area contributed by atoms with Crippen molar-refractivity contribution in [2.45, 2.75) is 29.6 Å². The van der Waals surface area contributed by atoms with Crippen LogP contribution >= 0.6 is 21.6 Å². The predicted molar refractivity (Wildman–Crippen MR) is 66.9 cm³/mol. The predicted octanol–water partition coefficient (Wildman–Crippen LogP) is 3.60. The van der Waals surface area contributed by atoms with Gasteiger partial charge in [0.25, 0.3) is 0 Å². The van der Waals surface area contributed by atoms with Crippen molar-refractivity contribution in [2.75, 3.05) is 7.11 Å². The first-order valence-electron chi connectivity index (χ1n) is 4.62. The van der Waals surface area contributed by atoms with Gasteiger partial charge in [0.2, 0.25) is 0 Å². The number of hydrogen-bond donors (Lipinski definition) is 0. The number of rotatable bonds is 2. The summed E-state index contributed by atoms with van der Waals surface area (Å²) in [6.45, 7) is 4.29. The van der Waals surface area contributed by atoms with Gasteiger partial charge in [0.1, 0.15) is 5.75 Å². The summed E-state index contributed by atoms with van der Waals surface area (Å²) in [6, 6.07) is 4.03. The van der Waals surface area contributed by atoms with E-state index in [0.717, 1.165) is 15.5 Å². The van der Waals surface area contributed by atoms with Crippen LogP contribution in [0, 0.1) is 0 Å². The largest absolute Gasteiger partial charge is 0.496 e. The summed E-state index contributed by atoms with van der Waals surface area (Å²) >= 11 is 0.